The van der Waals surface area contributed by atoms with E-state index in [4.69, 9.17) is 5.73 Å². The summed E-state index contributed by atoms with van der Waals surface area (Å²) in [6, 6.07) is 11.0. The second-order valence-corrected chi connectivity index (χ2v) is 5.39. The molecule has 1 nitrogen and oxygen atoms in total. The minimum absolute atomic E-state index is 0.261. The lowest BCUT2D eigenvalue weighted by Gasteiger charge is -2.12. The first-order chi connectivity index (χ1) is 8.54. The van der Waals surface area contributed by atoms with E-state index in [0.29, 0.717) is 12.0 Å². The number of rotatable bonds is 3. The van der Waals surface area contributed by atoms with Gasteiger partial charge in [-0.2, -0.15) is 0 Å². The molecule has 0 fully saturated rings. The normalized spacial score (nSPS) is 12.4. The lowest BCUT2D eigenvalue weighted by atomic mass is 10.00. The minimum Gasteiger partial charge on any atom is -0.324 e. The standard InChI is InChI=1S/C14H12F2IN/c15-11-5-9(6-12(16)8-11)7-14(18)10-1-3-13(17)4-2-10/h1-6,8,14H,7,18H2. The van der Waals surface area contributed by atoms with E-state index in [-0.39, 0.29) is 6.04 Å². The Morgan fingerprint density at radius 3 is 2.11 bits per heavy atom. The quantitative estimate of drug-likeness (QED) is 0.829. The van der Waals surface area contributed by atoms with Crippen molar-refractivity contribution in [3.8, 4) is 0 Å². The van der Waals surface area contributed by atoms with Gasteiger partial charge in [0, 0.05) is 15.7 Å². The Morgan fingerprint density at radius 1 is 1.00 bits per heavy atom. The van der Waals surface area contributed by atoms with Crippen molar-refractivity contribution in [1.82, 2.24) is 0 Å². The van der Waals surface area contributed by atoms with Crippen LogP contribution in [0.3, 0.4) is 0 Å². The van der Waals surface area contributed by atoms with Gasteiger partial charge < -0.3 is 5.73 Å². The first-order valence-electron chi connectivity index (χ1n) is 5.50. The van der Waals surface area contributed by atoms with Crippen LogP contribution < -0.4 is 5.73 Å². The Kier molecular flexibility index (Phi) is 4.29. The summed E-state index contributed by atoms with van der Waals surface area (Å²) >= 11 is 2.21. The van der Waals surface area contributed by atoms with E-state index >= 15 is 0 Å². The van der Waals surface area contributed by atoms with Gasteiger partial charge >= 0.3 is 0 Å². The van der Waals surface area contributed by atoms with Gasteiger partial charge in [0.25, 0.3) is 0 Å². The molecule has 0 amide bonds. The van der Waals surface area contributed by atoms with Crippen LogP contribution in [0.15, 0.2) is 42.5 Å². The van der Waals surface area contributed by atoms with Crippen molar-refractivity contribution >= 4 is 22.6 Å². The third-order valence-corrected chi connectivity index (χ3v) is 3.40. The summed E-state index contributed by atoms with van der Waals surface area (Å²) in [6.07, 6.45) is 0.412. The van der Waals surface area contributed by atoms with Gasteiger partial charge in [0.05, 0.1) is 0 Å². The summed E-state index contributed by atoms with van der Waals surface area (Å²) in [5.74, 6) is -1.14. The van der Waals surface area contributed by atoms with E-state index in [1.807, 2.05) is 24.3 Å². The van der Waals surface area contributed by atoms with Crippen molar-refractivity contribution in [3.63, 3.8) is 0 Å². The smallest absolute Gasteiger partial charge is 0.126 e. The van der Waals surface area contributed by atoms with Gasteiger partial charge in [-0.25, -0.2) is 8.78 Å². The lowest BCUT2D eigenvalue weighted by molar-refractivity contribution is 0.576. The maximum absolute atomic E-state index is 13.1. The molecule has 0 heterocycles. The molecule has 0 saturated carbocycles. The van der Waals surface area contributed by atoms with Gasteiger partial charge in [0.2, 0.25) is 0 Å². The molecule has 0 aliphatic carbocycles. The second-order valence-electron chi connectivity index (χ2n) is 4.14. The van der Waals surface area contributed by atoms with Crippen molar-refractivity contribution in [2.75, 3.05) is 0 Å². The Bertz CT molecular complexity index is 520. The van der Waals surface area contributed by atoms with Gasteiger partial charge in [-0.15, -0.1) is 0 Å². The fraction of sp³-hybridized carbons (Fsp3) is 0.143. The molecule has 2 rings (SSSR count). The first-order valence-corrected chi connectivity index (χ1v) is 6.58. The number of benzene rings is 2. The molecule has 0 aliphatic heterocycles. The van der Waals surface area contributed by atoms with Crippen LogP contribution in [0.5, 0.6) is 0 Å². The average Bonchev–Trinajstić information content (AvgIpc) is 2.28. The monoisotopic (exact) mass is 359 g/mol. The zero-order valence-electron chi connectivity index (χ0n) is 9.54. The zero-order valence-corrected chi connectivity index (χ0v) is 11.7. The molecular weight excluding hydrogens is 347 g/mol. The summed E-state index contributed by atoms with van der Waals surface area (Å²) < 4.78 is 27.2. The van der Waals surface area contributed by atoms with E-state index in [9.17, 15) is 8.78 Å². The molecule has 94 valence electrons. The highest BCUT2D eigenvalue weighted by Crippen LogP contribution is 2.18. The van der Waals surface area contributed by atoms with E-state index in [1.54, 1.807) is 0 Å². The van der Waals surface area contributed by atoms with Crippen LogP contribution in [0.1, 0.15) is 17.2 Å². The largest absolute Gasteiger partial charge is 0.324 e. The maximum atomic E-state index is 13.1. The molecule has 2 aromatic carbocycles. The van der Waals surface area contributed by atoms with E-state index in [1.165, 1.54) is 12.1 Å². The maximum Gasteiger partial charge on any atom is 0.126 e. The summed E-state index contributed by atoms with van der Waals surface area (Å²) in [7, 11) is 0. The van der Waals surface area contributed by atoms with E-state index < -0.39 is 11.6 Å². The van der Waals surface area contributed by atoms with Gasteiger partial charge in [0.15, 0.2) is 0 Å². The number of halogens is 3. The predicted molar refractivity (Wildman–Crippen MR) is 76.1 cm³/mol. The highest BCUT2D eigenvalue weighted by molar-refractivity contribution is 14.1. The van der Waals surface area contributed by atoms with Gasteiger partial charge in [-0.3, -0.25) is 0 Å². The zero-order chi connectivity index (χ0) is 13.1. The molecule has 0 saturated heterocycles. The molecular formula is C14H12F2IN. The fourth-order valence-corrected chi connectivity index (χ4v) is 2.17. The molecule has 2 N–H and O–H groups in total. The van der Waals surface area contributed by atoms with Crippen LogP contribution in [-0.2, 0) is 6.42 Å². The Labute approximate surface area is 118 Å². The lowest BCUT2D eigenvalue weighted by Crippen LogP contribution is -2.13. The molecule has 0 aliphatic rings. The summed E-state index contributed by atoms with van der Waals surface area (Å²) in [6.45, 7) is 0. The van der Waals surface area contributed by atoms with E-state index in [0.717, 1.165) is 15.2 Å². The third-order valence-electron chi connectivity index (χ3n) is 2.68. The average molecular weight is 359 g/mol. The SMILES string of the molecule is NC(Cc1cc(F)cc(F)c1)c1ccc(I)cc1. The van der Waals surface area contributed by atoms with Crippen LogP contribution in [0.2, 0.25) is 0 Å². The molecule has 0 radical (unpaired) electrons. The van der Waals surface area contributed by atoms with Crippen LogP contribution >= 0.6 is 22.6 Å². The van der Waals surface area contributed by atoms with E-state index in [2.05, 4.69) is 22.6 Å². The Morgan fingerprint density at radius 2 is 1.56 bits per heavy atom. The van der Waals surface area contributed by atoms with Crippen LogP contribution in [0.25, 0.3) is 0 Å². The van der Waals surface area contributed by atoms with Crippen LogP contribution in [0.4, 0.5) is 8.78 Å². The third kappa shape index (κ3) is 3.49. The first kappa shape index (κ1) is 13.4. The molecule has 2 aromatic rings. The molecule has 0 bridgehead atoms. The van der Waals surface area contributed by atoms with Gasteiger partial charge in [-0.05, 0) is 64.4 Å². The molecule has 0 aromatic heterocycles. The van der Waals surface area contributed by atoms with Crippen molar-refractivity contribution in [2.24, 2.45) is 5.73 Å². The molecule has 0 spiro atoms. The number of hydrogen-bond acceptors (Lipinski definition) is 1. The summed E-state index contributed by atoms with van der Waals surface area (Å²) in [4.78, 5) is 0. The van der Waals surface area contributed by atoms with Gasteiger partial charge in [-0.1, -0.05) is 12.1 Å². The topological polar surface area (TPSA) is 26.0 Å². The summed E-state index contributed by atoms with van der Waals surface area (Å²) in [5.41, 5.74) is 7.56. The number of hydrogen-bond donors (Lipinski definition) is 1. The van der Waals surface area contributed by atoms with Crippen molar-refractivity contribution in [3.05, 3.63) is 68.8 Å². The Balaban J connectivity index is 2.15. The molecule has 18 heavy (non-hydrogen) atoms. The fourth-order valence-electron chi connectivity index (χ4n) is 1.81. The van der Waals surface area contributed by atoms with Crippen molar-refractivity contribution < 1.29 is 8.78 Å². The molecule has 1 atom stereocenters. The molecule has 4 heteroatoms. The second kappa shape index (κ2) is 5.75. The van der Waals surface area contributed by atoms with Crippen molar-refractivity contribution in [2.45, 2.75) is 12.5 Å². The van der Waals surface area contributed by atoms with Crippen LogP contribution in [0, 0.1) is 15.2 Å². The van der Waals surface area contributed by atoms with Crippen LogP contribution in [-0.4, -0.2) is 0 Å². The minimum atomic E-state index is -0.570. The summed E-state index contributed by atoms with van der Waals surface area (Å²) in [5, 5.41) is 0. The van der Waals surface area contributed by atoms with Crippen molar-refractivity contribution in [1.29, 1.82) is 0 Å². The Hall–Kier alpha value is -1.01. The highest BCUT2D eigenvalue weighted by atomic mass is 127. The predicted octanol–water partition coefficient (Wildman–Crippen LogP) is 3.81. The molecule has 1 unspecified atom stereocenters. The number of nitrogens with two attached hydrogens (primary N) is 1. The highest BCUT2D eigenvalue weighted by Gasteiger charge is 2.09. The van der Waals surface area contributed by atoms with Gasteiger partial charge in [0.1, 0.15) is 11.6 Å².